The van der Waals surface area contributed by atoms with Crippen LogP contribution in [-0.2, 0) is 24.9 Å². The predicted molar refractivity (Wildman–Crippen MR) is 107 cm³/mol. The van der Waals surface area contributed by atoms with Crippen molar-refractivity contribution in [3.8, 4) is 0 Å². The second kappa shape index (κ2) is 8.47. The van der Waals surface area contributed by atoms with Crippen molar-refractivity contribution in [2.45, 2.75) is 44.8 Å². The quantitative estimate of drug-likeness (QED) is 0.801. The summed E-state index contributed by atoms with van der Waals surface area (Å²) < 4.78 is 37.0. The van der Waals surface area contributed by atoms with Gasteiger partial charge in [-0.05, 0) is 48.4 Å². The Morgan fingerprint density at radius 3 is 2.70 bits per heavy atom. The van der Waals surface area contributed by atoms with Crippen LogP contribution in [0.2, 0.25) is 0 Å². The molecule has 2 aliphatic heterocycles. The summed E-state index contributed by atoms with van der Waals surface area (Å²) in [4.78, 5) is 2.49. The van der Waals surface area contributed by atoms with E-state index in [-0.39, 0.29) is 11.7 Å². The van der Waals surface area contributed by atoms with Gasteiger partial charge in [0.1, 0.15) is 0 Å². The number of nitrogens with one attached hydrogen (secondary N) is 1. The third-order valence-electron chi connectivity index (χ3n) is 5.97. The van der Waals surface area contributed by atoms with E-state index in [1.54, 1.807) is 6.07 Å². The minimum atomic E-state index is -3.27. The van der Waals surface area contributed by atoms with Crippen molar-refractivity contribution in [2.75, 3.05) is 43.8 Å². The molecular formula is C20H32N2O4S. The number of hydrogen-bond acceptors (Lipinski definition) is 5. The van der Waals surface area contributed by atoms with Crippen LogP contribution >= 0.6 is 0 Å². The molecule has 2 saturated heterocycles. The molecule has 6 nitrogen and oxygen atoms in total. The first kappa shape index (κ1) is 20.6. The smallest absolute Gasteiger partial charge is 0.229 e. The van der Waals surface area contributed by atoms with Gasteiger partial charge in [0.05, 0.1) is 19.5 Å². The molecule has 3 rings (SSSR count). The average Bonchev–Trinajstić information content (AvgIpc) is 2.62. The molecule has 1 N–H and O–H groups in total. The fraction of sp³-hybridized carbons (Fsp3) is 0.700. The molecule has 2 heterocycles. The Labute approximate surface area is 163 Å². The van der Waals surface area contributed by atoms with Crippen LogP contribution in [-0.4, -0.2) is 58.7 Å². The molecule has 0 bridgehead atoms. The van der Waals surface area contributed by atoms with Gasteiger partial charge >= 0.3 is 0 Å². The standard InChI is InChI=1S/C20H32N2O4S/c1-16-15-22(10-8-19-25-12-5-13-26-19)11-9-20(16,2)17-6-4-7-18(14-17)21-27(3,23)24/h4,6-7,14,16,19,21H,5,8-13,15H2,1-3H3/t16-,20-/m0/s1. The molecule has 2 atom stereocenters. The monoisotopic (exact) mass is 396 g/mol. The Kier molecular flexibility index (Phi) is 6.46. The van der Waals surface area contributed by atoms with E-state index >= 15 is 0 Å². The topological polar surface area (TPSA) is 67.9 Å². The average molecular weight is 397 g/mol. The maximum atomic E-state index is 11.5. The van der Waals surface area contributed by atoms with E-state index in [9.17, 15) is 8.42 Å². The lowest BCUT2D eigenvalue weighted by Crippen LogP contribution is -2.48. The Bertz CT molecular complexity index is 733. The van der Waals surface area contributed by atoms with Gasteiger partial charge in [0.2, 0.25) is 10.0 Å². The Morgan fingerprint density at radius 1 is 1.30 bits per heavy atom. The van der Waals surface area contributed by atoms with Crippen LogP contribution in [0.3, 0.4) is 0 Å². The van der Waals surface area contributed by atoms with Crippen LogP contribution in [0.1, 0.15) is 38.7 Å². The van der Waals surface area contributed by atoms with Crippen LogP contribution < -0.4 is 4.72 Å². The molecule has 2 aliphatic rings. The molecular weight excluding hydrogens is 364 g/mol. The number of likely N-dealkylation sites (tertiary alicyclic amines) is 1. The third kappa shape index (κ3) is 5.44. The summed E-state index contributed by atoms with van der Waals surface area (Å²) in [6.45, 7) is 9.22. The molecule has 0 amide bonds. The maximum absolute atomic E-state index is 11.5. The minimum absolute atomic E-state index is 0.0313. The van der Waals surface area contributed by atoms with Crippen molar-refractivity contribution in [3.63, 3.8) is 0 Å². The maximum Gasteiger partial charge on any atom is 0.229 e. The highest BCUT2D eigenvalue weighted by molar-refractivity contribution is 7.92. The molecule has 1 aromatic rings. The predicted octanol–water partition coefficient (Wildman–Crippen LogP) is 2.81. The second-order valence-electron chi connectivity index (χ2n) is 8.14. The van der Waals surface area contributed by atoms with Crippen LogP contribution in [0.4, 0.5) is 5.69 Å². The lowest BCUT2D eigenvalue weighted by atomic mass is 9.68. The molecule has 0 aliphatic carbocycles. The SMILES string of the molecule is C[C@H]1CN(CCC2OCCCO2)CC[C@]1(C)c1cccc(NS(C)(=O)=O)c1. The van der Waals surface area contributed by atoms with Gasteiger partial charge in [-0.3, -0.25) is 4.72 Å². The van der Waals surface area contributed by atoms with Gasteiger partial charge in [-0.25, -0.2) is 8.42 Å². The zero-order chi connectivity index (χ0) is 19.5. The summed E-state index contributed by atoms with van der Waals surface area (Å²) in [6, 6.07) is 7.84. The van der Waals surface area contributed by atoms with E-state index in [0.29, 0.717) is 11.6 Å². The zero-order valence-corrected chi connectivity index (χ0v) is 17.4. The molecule has 7 heteroatoms. The van der Waals surface area contributed by atoms with E-state index in [2.05, 4.69) is 29.5 Å². The number of ether oxygens (including phenoxy) is 2. The lowest BCUT2D eigenvalue weighted by Gasteiger charge is -2.45. The van der Waals surface area contributed by atoms with Crippen LogP contribution in [0.5, 0.6) is 0 Å². The van der Waals surface area contributed by atoms with Crippen molar-refractivity contribution in [1.29, 1.82) is 0 Å². The molecule has 0 radical (unpaired) electrons. The molecule has 2 fully saturated rings. The van der Waals surface area contributed by atoms with E-state index in [4.69, 9.17) is 9.47 Å². The fourth-order valence-corrected chi connectivity index (χ4v) is 4.65. The second-order valence-corrected chi connectivity index (χ2v) is 9.89. The molecule has 0 spiro atoms. The van der Waals surface area contributed by atoms with Crippen LogP contribution in [0.25, 0.3) is 0 Å². The fourth-order valence-electron chi connectivity index (χ4n) is 4.09. The zero-order valence-electron chi connectivity index (χ0n) is 16.6. The highest BCUT2D eigenvalue weighted by atomic mass is 32.2. The van der Waals surface area contributed by atoms with Crippen molar-refractivity contribution >= 4 is 15.7 Å². The largest absolute Gasteiger partial charge is 0.353 e. The number of nitrogens with zero attached hydrogens (tertiary/aromatic N) is 1. The molecule has 0 unspecified atom stereocenters. The first-order chi connectivity index (χ1) is 12.8. The van der Waals surface area contributed by atoms with Gasteiger partial charge < -0.3 is 14.4 Å². The van der Waals surface area contributed by atoms with Crippen molar-refractivity contribution in [3.05, 3.63) is 29.8 Å². The molecule has 0 saturated carbocycles. The number of piperidine rings is 1. The van der Waals surface area contributed by atoms with Crippen LogP contribution in [0.15, 0.2) is 24.3 Å². The van der Waals surface area contributed by atoms with Crippen molar-refractivity contribution in [1.82, 2.24) is 4.90 Å². The summed E-state index contributed by atoms with van der Waals surface area (Å²) in [5.41, 5.74) is 1.86. The Morgan fingerprint density at radius 2 is 2.04 bits per heavy atom. The van der Waals surface area contributed by atoms with Gasteiger partial charge in [0.15, 0.2) is 6.29 Å². The lowest BCUT2D eigenvalue weighted by molar-refractivity contribution is -0.183. The number of benzene rings is 1. The van der Waals surface area contributed by atoms with E-state index in [1.165, 1.54) is 11.8 Å². The first-order valence-electron chi connectivity index (χ1n) is 9.80. The highest BCUT2D eigenvalue weighted by Gasteiger charge is 2.38. The van der Waals surface area contributed by atoms with Gasteiger partial charge in [-0.15, -0.1) is 0 Å². The molecule has 0 aromatic heterocycles. The third-order valence-corrected chi connectivity index (χ3v) is 6.58. The van der Waals surface area contributed by atoms with Crippen molar-refractivity contribution in [2.24, 2.45) is 5.92 Å². The van der Waals surface area contributed by atoms with Gasteiger partial charge in [0, 0.05) is 25.2 Å². The summed E-state index contributed by atoms with van der Waals surface area (Å²) in [7, 11) is -3.27. The number of rotatable bonds is 6. The summed E-state index contributed by atoms with van der Waals surface area (Å²) >= 11 is 0. The molecule has 27 heavy (non-hydrogen) atoms. The summed E-state index contributed by atoms with van der Waals surface area (Å²) in [5.74, 6) is 0.466. The van der Waals surface area contributed by atoms with E-state index in [0.717, 1.165) is 52.1 Å². The summed E-state index contributed by atoms with van der Waals surface area (Å²) in [5, 5.41) is 0. The van der Waals surface area contributed by atoms with Gasteiger partial charge in [-0.1, -0.05) is 26.0 Å². The first-order valence-corrected chi connectivity index (χ1v) is 11.7. The van der Waals surface area contributed by atoms with Crippen molar-refractivity contribution < 1.29 is 17.9 Å². The van der Waals surface area contributed by atoms with Gasteiger partial charge in [0.25, 0.3) is 0 Å². The van der Waals surface area contributed by atoms with Gasteiger partial charge in [-0.2, -0.15) is 0 Å². The Hall–Kier alpha value is -1.15. The number of sulfonamides is 1. The van der Waals surface area contributed by atoms with E-state index < -0.39 is 10.0 Å². The Balaban J connectivity index is 1.61. The minimum Gasteiger partial charge on any atom is -0.353 e. The van der Waals surface area contributed by atoms with E-state index in [1.807, 2.05) is 12.1 Å². The highest BCUT2D eigenvalue weighted by Crippen LogP contribution is 2.40. The number of anilines is 1. The molecule has 152 valence electrons. The van der Waals surface area contributed by atoms with Crippen LogP contribution in [0, 0.1) is 5.92 Å². The normalized spacial score (nSPS) is 28.2. The number of hydrogen-bond donors (Lipinski definition) is 1. The summed E-state index contributed by atoms with van der Waals surface area (Å²) in [6.07, 6.45) is 4.08. The molecule has 1 aromatic carbocycles.